The molecule has 0 radical (unpaired) electrons. The van der Waals surface area contributed by atoms with Crippen molar-refractivity contribution >= 4 is 34.0 Å². The third-order valence-electron chi connectivity index (χ3n) is 5.12. The topological polar surface area (TPSA) is 141 Å². The second-order valence-corrected chi connectivity index (χ2v) is 7.30. The van der Waals surface area contributed by atoms with E-state index in [1.54, 1.807) is 73.1 Å². The predicted molar refractivity (Wildman–Crippen MR) is 128 cm³/mol. The van der Waals surface area contributed by atoms with E-state index < -0.39 is 5.91 Å². The summed E-state index contributed by atoms with van der Waals surface area (Å²) >= 11 is 0. The molecule has 1 amide bonds. The zero-order valence-corrected chi connectivity index (χ0v) is 18.1. The number of aromatic hydroxyl groups is 1. The SMILES string of the molecule is N#Cc1cnn(-c2ccccn2)c1/N=N/c1c(O)c(C(=O)Nc2ccccn2)cc2ccccc12. The fourth-order valence-corrected chi connectivity index (χ4v) is 3.47. The Hall–Kier alpha value is -5.43. The molecule has 0 aliphatic rings. The lowest BCUT2D eigenvalue weighted by atomic mass is 10.0. The van der Waals surface area contributed by atoms with Crippen molar-refractivity contribution in [1.82, 2.24) is 19.7 Å². The lowest BCUT2D eigenvalue weighted by Crippen LogP contribution is -2.13. The quantitative estimate of drug-likeness (QED) is 0.351. The van der Waals surface area contributed by atoms with Crippen LogP contribution in [0.2, 0.25) is 0 Å². The molecule has 0 aliphatic carbocycles. The first kappa shape index (κ1) is 21.4. The number of benzene rings is 2. The molecule has 10 heteroatoms. The third-order valence-corrected chi connectivity index (χ3v) is 5.12. The van der Waals surface area contributed by atoms with Crippen LogP contribution < -0.4 is 5.32 Å². The molecule has 168 valence electrons. The summed E-state index contributed by atoms with van der Waals surface area (Å²) in [6.45, 7) is 0. The summed E-state index contributed by atoms with van der Waals surface area (Å²) in [5.41, 5.74) is 0.251. The van der Waals surface area contributed by atoms with Gasteiger partial charge in [-0.05, 0) is 35.7 Å². The number of anilines is 1. The number of nitriles is 1. The van der Waals surface area contributed by atoms with E-state index in [2.05, 4.69) is 30.6 Å². The highest BCUT2D eigenvalue weighted by Gasteiger charge is 2.20. The number of hydrogen-bond donors (Lipinski definition) is 2. The normalized spacial score (nSPS) is 10.9. The molecule has 3 aromatic heterocycles. The van der Waals surface area contributed by atoms with E-state index in [0.29, 0.717) is 22.4 Å². The number of phenols is 1. The number of fused-ring (bicyclic) bond motifs is 1. The number of nitrogens with one attached hydrogen (secondary N) is 1. The number of aromatic nitrogens is 4. The zero-order chi connectivity index (χ0) is 24.2. The van der Waals surface area contributed by atoms with E-state index >= 15 is 0 Å². The summed E-state index contributed by atoms with van der Waals surface area (Å²) < 4.78 is 1.37. The molecule has 0 aliphatic heterocycles. The van der Waals surface area contributed by atoms with Crippen LogP contribution in [0.15, 0.2) is 95.5 Å². The molecule has 0 atom stereocenters. The number of carbonyl (C=O) groups excluding carboxylic acids is 1. The van der Waals surface area contributed by atoms with Gasteiger partial charge < -0.3 is 10.4 Å². The van der Waals surface area contributed by atoms with E-state index in [-0.39, 0.29) is 28.4 Å². The van der Waals surface area contributed by atoms with E-state index in [0.717, 1.165) is 0 Å². The summed E-state index contributed by atoms with van der Waals surface area (Å²) in [4.78, 5) is 21.3. The van der Waals surface area contributed by atoms with E-state index in [1.165, 1.54) is 10.9 Å². The van der Waals surface area contributed by atoms with Crippen LogP contribution in [-0.4, -0.2) is 30.8 Å². The number of amides is 1. The highest BCUT2D eigenvalue weighted by Crippen LogP contribution is 2.40. The Balaban J connectivity index is 1.61. The molecule has 0 saturated carbocycles. The Labute approximate surface area is 198 Å². The van der Waals surface area contributed by atoms with Crippen molar-refractivity contribution in [1.29, 1.82) is 5.26 Å². The molecule has 0 bridgehead atoms. The monoisotopic (exact) mass is 460 g/mol. The zero-order valence-electron chi connectivity index (χ0n) is 18.1. The number of rotatable bonds is 5. The average molecular weight is 460 g/mol. The molecule has 5 rings (SSSR count). The predicted octanol–water partition coefficient (Wildman–Crippen LogP) is 5.06. The number of hydrogen-bond acceptors (Lipinski definition) is 8. The number of pyridine rings is 2. The number of phenolic OH excluding ortho intramolecular Hbond substituents is 1. The first-order valence-corrected chi connectivity index (χ1v) is 10.4. The molecule has 2 N–H and O–H groups in total. The molecule has 3 heterocycles. The van der Waals surface area contributed by atoms with E-state index in [1.807, 2.05) is 12.1 Å². The fraction of sp³-hybridized carbons (Fsp3) is 0. The van der Waals surface area contributed by atoms with Crippen molar-refractivity contribution in [2.75, 3.05) is 5.32 Å². The van der Waals surface area contributed by atoms with Crippen LogP contribution in [0, 0.1) is 11.3 Å². The minimum Gasteiger partial charge on any atom is -0.505 e. The van der Waals surface area contributed by atoms with Gasteiger partial charge in [-0.2, -0.15) is 15.0 Å². The van der Waals surface area contributed by atoms with Crippen molar-refractivity contribution in [3.63, 3.8) is 0 Å². The van der Waals surface area contributed by atoms with Gasteiger partial charge in [0.1, 0.15) is 23.1 Å². The second-order valence-electron chi connectivity index (χ2n) is 7.30. The van der Waals surface area contributed by atoms with Gasteiger partial charge in [0, 0.05) is 17.8 Å². The minimum absolute atomic E-state index is 0.00189. The van der Waals surface area contributed by atoms with Crippen LogP contribution in [0.25, 0.3) is 16.6 Å². The Bertz CT molecular complexity index is 1610. The Kier molecular flexibility index (Phi) is 5.63. The van der Waals surface area contributed by atoms with Crippen LogP contribution in [0.1, 0.15) is 15.9 Å². The Morgan fingerprint density at radius 3 is 2.51 bits per heavy atom. The van der Waals surface area contributed by atoms with Crippen molar-refractivity contribution < 1.29 is 9.90 Å². The highest BCUT2D eigenvalue weighted by molar-refractivity contribution is 6.11. The van der Waals surface area contributed by atoms with Gasteiger partial charge in [0.2, 0.25) is 0 Å². The molecule has 35 heavy (non-hydrogen) atoms. The molecule has 10 nitrogen and oxygen atoms in total. The summed E-state index contributed by atoms with van der Waals surface area (Å²) in [5, 5.41) is 37.2. The smallest absolute Gasteiger partial charge is 0.260 e. The van der Waals surface area contributed by atoms with Crippen molar-refractivity contribution in [2.45, 2.75) is 0 Å². The maximum absolute atomic E-state index is 13.0. The van der Waals surface area contributed by atoms with Gasteiger partial charge in [0.15, 0.2) is 17.4 Å². The van der Waals surface area contributed by atoms with Gasteiger partial charge in [-0.1, -0.05) is 36.4 Å². The summed E-state index contributed by atoms with van der Waals surface area (Å²) in [6, 6.07) is 21.1. The van der Waals surface area contributed by atoms with E-state index in [9.17, 15) is 15.2 Å². The van der Waals surface area contributed by atoms with Crippen LogP contribution in [-0.2, 0) is 0 Å². The van der Waals surface area contributed by atoms with Crippen LogP contribution >= 0.6 is 0 Å². The summed E-state index contributed by atoms with van der Waals surface area (Å²) in [6.07, 6.45) is 4.50. The van der Waals surface area contributed by atoms with Gasteiger partial charge in [-0.15, -0.1) is 10.2 Å². The van der Waals surface area contributed by atoms with Gasteiger partial charge >= 0.3 is 0 Å². The molecule has 0 unspecified atom stereocenters. The lowest BCUT2D eigenvalue weighted by molar-refractivity contribution is 0.102. The first-order chi connectivity index (χ1) is 17.2. The van der Waals surface area contributed by atoms with Crippen molar-refractivity contribution in [3.05, 3.63) is 96.4 Å². The van der Waals surface area contributed by atoms with Crippen molar-refractivity contribution in [3.8, 4) is 17.6 Å². The summed E-state index contributed by atoms with van der Waals surface area (Å²) in [7, 11) is 0. The van der Waals surface area contributed by atoms with E-state index in [4.69, 9.17) is 0 Å². The Morgan fingerprint density at radius 1 is 1.00 bits per heavy atom. The molecule has 0 saturated heterocycles. The van der Waals surface area contributed by atoms with Crippen LogP contribution in [0.4, 0.5) is 17.3 Å². The molecule has 0 spiro atoms. The van der Waals surface area contributed by atoms with Gasteiger partial charge in [-0.3, -0.25) is 4.79 Å². The number of azo groups is 1. The van der Waals surface area contributed by atoms with Gasteiger partial charge in [-0.25, -0.2) is 9.97 Å². The fourth-order valence-electron chi connectivity index (χ4n) is 3.47. The average Bonchev–Trinajstić information content (AvgIpc) is 3.32. The molecule has 0 fully saturated rings. The van der Waals surface area contributed by atoms with Crippen LogP contribution in [0.5, 0.6) is 5.75 Å². The third kappa shape index (κ3) is 4.17. The largest absolute Gasteiger partial charge is 0.505 e. The molecular formula is C25H16N8O2. The lowest BCUT2D eigenvalue weighted by Gasteiger charge is -2.11. The van der Waals surface area contributed by atoms with Gasteiger partial charge in [0.25, 0.3) is 5.91 Å². The standard InChI is InChI=1S/C25H16N8O2/c26-14-17-15-29-33(21-10-4-6-12-28-21)24(17)32-31-22-18-8-2-1-7-16(18)13-19(23(22)34)25(35)30-20-9-3-5-11-27-20/h1-13,15,34H,(H,27,30,35)/b32-31+. The minimum atomic E-state index is -0.556. The van der Waals surface area contributed by atoms with Crippen LogP contribution in [0.3, 0.4) is 0 Å². The Morgan fingerprint density at radius 2 is 1.77 bits per heavy atom. The van der Waals surface area contributed by atoms with Crippen molar-refractivity contribution in [2.24, 2.45) is 10.2 Å². The summed E-state index contributed by atoms with van der Waals surface area (Å²) in [5.74, 6) is 0.00707. The maximum atomic E-state index is 13.0. The maximum Gasteiger partial charge on any atom is 0.260 e. The molecular weight excluding hydrogens is 444 g/mol. The molecule has 5 aromatic rings. The first-order valence-electron chi connectivity index (χ1n) is 10.4. The number of carbonyl (C=O) groups is 1. The molecule has 2 aromatic carbocycles. The number of nitrogens with zero attached hydrogens (tertiary/aromatic N) is 7. The second kappa shape index (κ2) is 9.21. The van der Waals surface area contributed by atoms with Gasteiger partial charge in [0.05, 0.1) is 11.8 Å². The highest BCUT2D eigenvalue weighted by atomic mass is 16.3.